The first-order valence-electron chi connectivity index (χ1n) is 11.3. The highest BCUT2D eigenvalue weighted by Gasteiger charge is 2.65. The number of alkyl halides is 1. The second-order valence-corrected chi connectivity index (χ2v) is 9.57. The molecule has 0 aliphatic carbocycles. The molecule has 0 unspecified atom stereocenters. The van der Waals surface area contributed by atoms with E-state index < -0.39 is 29.2 Å². The number of amides is 2. The SMILES string of the molecule is CC(=O)Nc1ccc(CN2C(=O)[C@@]3(O[C@@H](CCO)[C@H](C(C)(C)F)[C@H]3C)c3ccccc32)cc1. The van der Waals surface area contributed by atoms with Crippen LogP contribution in [0.5, 0.6) is 0 Å². The summed E-state index contributed by atoms with van der Waals surface area (Å²) >= 11 is 0. The van der Waals surface area contributed by atoms with Gasteiger partial charge in [0, 0.05) is 36.6 Å². The van der Waals surface area contributed by atoms with Crippen molar-refractivity contribution in [1.82, 2.24) is 0 Å². The fourth-order valence-corrected chi connectivity index (χ4v) is 5.63. The zero-order valence-corrected chi connectivity index (χ0v) is 19.5. The van der Waals surface area contributed by atoms with Gasteiger partial charge in [-0.3, -0.25) is 9.59 Å². The maximum atomic E-state index is 15.3. The summed E-state index contributed by atoms with van der Waals surface area (Å²) in [5, 5.41) is 12.3. The molecule has 176 valence electrons. The van der Waals surface area contributed by atoms with Gasteiger partial charge < -0.3 is 20.1 Å². The number of carbonyl (C=O) groups is 2. The van der Waals surface area contributed by atoms with Crippen LogP contribution < -0.4 is 10.2 Å². The first-order chi connectivity index (χ1) is 15.6. The molecule has 0 bridgehead atoms. The second kappa shape index (κ2) is 8.54. The molecule has 0 radical (unpaired) electrons. The minimum absolute atomic E-state index is 0.139. The van der Waals surface area contributed by atoms with E-state index in [1.165, 1.54) is 20.8 Å². The third-order valence-electron chi connectivity index (χ3n) is 6.90. The zero-order chi connectivity index (χ0) is 24.0. The van der Waals surface area contributed by atoms with Gasteiger partial charge in [-0.25, -0.2) is 4.39 Å². The van der Waals surface area contributed by atoms with E-state index in [2.05, 4.69) is 5.32 Å². The monoisotopic (exact) mass is 454 g/mol. The molecule has 4 rings (SSSR count). The number of hydrogen-bond acceptors (Lipinski definition) is 4. The van der Waals surface area contributed by atoms with E-state index in [0.717, 1.165) is 16.8 Å². The normalized spacial score (nSPS) is 26.7. The number of nitrogens with one attached hydrogen (secondary N) is 1. The smallest absolute Gasteiger partial charge is 0.264 e. The molecule has 33 heavy (non-hydrogen) atoms. The topological polar surface area (TPSA) is 78.9 Å². The van der Waals surface area contributed by atoms with Gasteiger partial charge >= 0.3 is 0 Å². The predicted molar refractivity (Wildman–Crippen MR) is 124 cm³/mol. The maximum absolute atomic E-state index is 15.3. The van der Waals surface area contributed by atoms with Crippen LogP contribution in [0.1, 0.15) is 45.2 Å². The molecule has 2 aromatic rings. The van der Waals surface area contributed by atoms with E-state index in [9.17, 15) is 14.7 Å². The van der Waals surface area contributed by atoms with Crippen molar-refractivity contribution < 1.29 is 23.8 Å². The van der Waals surface area contributed by atoms with Gasteiger partial charge in [0.1, 0.15) is 5.67 Å². The van der Waals surface area contributed by atoms with Gasteiger partial charge in [-0.15, -0.1) is 0 Å². The number of aliphatic hydroxyl groups is 1. The number of halogens is 1. The van der Waals surface area contributed by atoms with Crippen LogP contribution in [0, 0.1) is 11.8 Å². The summed E-state index contributed by atoms with van der Waals surface area (Å²) in [5.74, 6) is -1.33. The van der Waals surface area contributed by atoms with E-state index in [0.29, 0.717) is 12.2 Å². The lowest BCUT2D eigenvalue weighted by molar-refractivity contribution is -0.146. The summed E-state index contributed by atoms with van der Waals surface area (Å²) in [7, 11) is 0. The summed E-state index contributed by atoms with van der Waals surface area (Å²) in [6, 6.07) is 14.8. The molecule has 7 heteroatoms. The van der Waals surface area contributed by atoms with Gasteiger partial charge in [-0.05, 0) is 44.0 Å². The number of anilines is 2. The van der Waals surface area contributed by atoms with Crippen LogP contribution >= 0.6 is 0 Å². The van der Waals surface area contributed by atoms with Crippen LogP contribution in [-0.2, 0) is 26.5 Å². The van der Waals surface area contributed by atoms with Gasteiger partial charge in [-0.2, -0.15) is 0 Å². The van der Waals surface area contributed by atoms with Crippen molar-refractivity contribution in [3.05, 3.63) is 59.7 Å². The van der Waals surface area contributed by atoms with Gasteiger partial charge in [0.25, 0.3) is 5.91 Å². The molecule has 1 fully saturated rings. The molecule has 2 aliphatic heterocycles. The molecule has 0 saturated carbocycles. The first-order valence-corrected chi connectivity index (χ1v) is 11.3. The fraction of sp³-hybridized carbons (Fsp3) is 0.462. The molecule has 4 atom stereocenters. The molecule has 0 aromatic heterocycles. The number of fused-ring (bicyclic) bond motifs is 2. The maximum Gasteiger partial charge on any atom is 0.264 e. The number of nitrogens with zero attached hydrogens (tertiary/aromatic N) is 1. The average Bonchev–Trinajstić information content (AvgIpc) is 3.17. The number of para-hydroxylation sites is 1. The van der Waals surface area contributed by atoms with E-state index in [1.807, 2.05) is 43.3 Å². The summed E-state index contributed by atoms with van der Waals surface area (Å²) in [5.41, 5.74) is 0.200. The number of hydrogen-bond donors (Lipinski definition) is 2. The summed E-state index contributed by atoms with van der Waals surface area (Å²) in [6.07, 6.45) is -0.302. The first kappa shape index (κ1) is 23.4. The van der Waals surface area contributed by atoms with Crippen molar-refractivity contribution in [2.75, 3.05) is 16.8 Å². The van der Waals surface area contributed by atoms with E-state index >= 15 is 4.39 Å². The Morgan fingerprint density at radius 1 is 1.21 bits per heavy atom. The number of aliphatic hydroxyl groups excluding tert-OH is 1. The number of carbonyl (C=O) groups excluding carboxylic acids is 2. The van der Waals surface area contributed by atoms with Crippen molar-refractivity contribution in [2.24, 2.45) is 11.8 Å². The minimum atomic E-state index is -1.58. The lowest BCUT2D eigenvalue weighted by atomic mass is 9.71. The van der Waals surface area contributed by atoms with Crippen molar-refractivity contribution in [3.63, 3.8) is 0 Å². The summed E-state index contributed by atoms with van der Waals surface area (Å²) in [6.45, 7) is 6.54. The molecule has 2 heterocycles. The van der Waals surface area contributed by atoms with Crippen LogP contribution in [0.15, 0.2) is 48.5 Å². The van der Waals surface area contributed by atoms with Gasteiger partial charge in [0.05, 0.1) is 18.3 Å². The molecule has 1 saturated heterocycles. The largest absolute Gasteiger partial charge is 0.396 e. The Morgan fingerprint density at radius 2 is 1.88 bits per heavy atom. The van der Waals surface area contributed by atoms with Crippen molar-refractivity contribution in [3.8, 4) is 0 Å². The van der Waals surface area contributed by atoms with Gasteiger partial charge in [0.2, 0.25) is 5.91 Å². The van der Waals surface area contributed by atoms with Crippen molar-refractivity contribution in [2.45, 2.75) is 58.0 Å². The second-order valence-electron chi connectivity index (χ2n) is 9.57. The zero-order valence-electron chi connectivity index (χ0n) is 19.5. The van der Waals surface area contributed by atoms with Gasteiger partial charge in [0.15, 0.2) is 5.60 Å². The Balaban J connectivity index is 1.71. The highest BCUT2D eigenvalue weighted by Crippen LogP contribution is 2.58. The highest BCUT2D eigenvalue weighted by molar-refractivity contribution is 6.07. The Morgan fingerprint density at radius 3 is 2.48 bits per heavy atom. The standard InChI is InChI=1S/C26H31FN2O4/c1-16-23(25(3,4)27)22(13-14-30)33-26(16)20-7-5-6-8-21(20)29(24(26)32)15-18-9-11-19(12-10-18)28-17(2)31/h5-12,16,22-23,30H,13-15H2,1-4H3,(H,28,31)/t16-,22+,23-,26+/m1/s1. The van der Waals surface area contributed by atoms with Crippen LogP contribution in [-0.4, -0.2) is 35.3 Å². The lowest BCUT2D eigenvalue weighted by Gasteiger charge is -2.32. The Kier molecular flexibility index (Phi) is 6.05. The minimum Gasteiger partial charge on any atom is -0.396 e. The average molecular weight is 455 g/mol. The van der Waals surface area contributed by atoms with E-state index in [-0.39, 0.29) is 24.8 Å². The van der Waals surface area contributed by atoms with Crippen LogP contribution in [0.25, 0.3) is 0 Å². The van der Waals surface area contributed by atoms with Crippen molar-refractivity contribution in [1.29, 1.82) is 0 Å². The number of benzene rings is 2. The summed E-state index contributed by atoms with van der Waals surface area (Å²) in [4.78, 5) is 27.0. The van der Waals surface area contributed by atoms with E-state index in [4.69, 9.17) is 4.74 Å². The number of ether oxygens (including phenoxy) is 1. The third kappa shape index (κ3) is 3.93. The molecule has 6 nitrogen and oxygen atoms in total. The van der Waals surface area contributed by atoms with Gasteiger partial charge in [-0.1, -0.05) is 37.3 Å². The fourth-order valence-electron chi connectivity index (χ4n) is 5.63. The van der Waals surface area contributed by atoms with Crippen LogP contribution in [0.3, 0.4) is 0 Å². The predicted octanol–water partition coefficient (Wildman–Crippen LogP) is 4.17. The Bertz CT molecular complexity index is 1050. The molecule has 2 aromatic carbocycles. The Hall–Kier alpha value is -2.77. The Labute approximate surface area is 193 Å². The van der Waals surface area contributed by atoms with Crippen LogP contribution in [0.4, 0.5) is 15.8 Å². The highest BCUT2D eigenvalue weighted by atomic mass is 19.1. The third-order valence-corrected chi connectivity index (χ3v) is 6.90. The molecule has 2 amide bonds. The van der Waals surface area contributed by atoms with Crippen LogP contribution in [0.2, 0.25) is 0 Å². The lowest BCUT2D eigenvalue weighted by Crippen LogP contribution is -2.45. The molecule has 2 aliphatic rings. The summed E-state index contributed by atoms with van der Waals surface area (Å²) < 4.78 is 21.7. The molecular weight excluding hydrogens is 423 g/mol. The van der Waals surface area contributed by atoms with Crippen molar-refractivity contribution >= 4 is 23.2 Å². The molecule has 1 spiro atoms. The molecular formula is C26H31FN2O4. The van der Waals surface area contributed by atoms with E-state index in [1.54, 1.807) is 17.0 Å². The number of rotatable bonds is 6. The molecule has 2 N–H and O–H groups in total. The quantitative estimate of drug-likeness (QED) is 0.687.